The molecular formula is C14H28N4O. The van der Waals surface area contributed by atoms with Crippen molar-refractivity contribution < 1.29 is 4.74 Å². The monoisotopic (exact) mass is 268 g/mol. The molecule has 0 saturated heterocycles. The third-order valence-electron chi connectivity index (χ3n) is 3.61. The first-order valence-corrected chi connectivity index (χ1v) is 6.87. The van der Waals surface area contributed by atoms with Crippen molar-refractivity contribution in [3.63, 3.8) is 0 Å². The van der Waals surface area contributed by atoms with Crippen LogP contribution in [-0.4, -0.2) is 41.4 Å². The Balaban J connectivity index is 2.59. The van der Waals surface area contributed by atoms with Crippen molar-refractivity contribution in [2.45, 2.75) is 39.8 Å². The van der Waals surface area contributed by atoms with Gasteiger partial charge in [-0.15, -0.1) is 0 Å². The van der Waals surface area contributed by atoms with Crippen LogP contribution in [0.4, 0.5) is 0 Å². The lowest BCUT2D eigenvalue weighted by Gasteiger charge is -2.21. The number of methoxy groups -OCH3 is 1. The molecule has 0 fully saturated rings. The molecule has 5 nitrogen and oxygen atoms in total. The summed E-state index contributed by atoms with van der Waals surface area (Å²) in [5.41, 5.74) is 8.27. The average Bonchev–Trinajstić information content (AvgIpc) is 2.60. The number of nitrogens with two attached hydrogens (primary N) is 1. The van der Waals surface area contributed by atoms with E-state index in [4.69, 9.17) is 10.5 Å². The molecule has 0 saturated carbocycles. The van der Waals surface area contributed by atoms with E-state index in [1.54, 1.807) is 11.8 Å². The van der Waals surface area contributed by atoms with Crippen molar-refractivity contribution in [1.82, 2.24) is 14.7 Å². The summed E-state index contributed by atoms with van der Waals surface area (Å²) in [6.07, 6.45) is 1.01. The summed E-state index contributed by atoms with van der Waals surface area (Å²) in [4.78, 5) is 2.27. The molecule has 0 aromatic carbocycles. The molecule has 0 aliphatic carbocycles. The molecule has 0 spiro atoms. The number of ether oxygens (including phenoxy) is 1. The fraction of sp³-hybridized carbons (Fsp3) is 0.786. The molecule has 1 unspecified atom stereocenters. The van der Waals surface area contributed by atoms with Gasteiger partial charge in [0, 0.05) is 19.6 Å². The molecule has 1 atom stereocenters. The third-order valence-corrected chi connectivity index (χ3v) is 3.61. The number of aromatic nitrogens is 2. The van der Waals surface area contributed by atoms with Gasteiger partial charge >= 0.3 is 0 Å². The summed E-state index contributed by atoms with van der Waals surface area (Å²) in [5, 5.41) is 4.40. The molecule has 110 valence electrons. The fourth-order valence-corrected chi connectivity index (χ4v) is 2.17. The van der Waals surface area contributed by atoms with Crippen LogP contribution in [0.1, 0.15) is 31.5 Å². The maximum Gasteiger partial charge on any atom is 0.216 e. The predicted molar refractivity (Wildman–Crippen MR) is 78.3 cm³/mol. The number of rotatable bonds is 7. The van der Waals surface area contributed by atoms with Gasteiger partial charge in [-0.2, -0.15) is 5.10 Å². The highest BCUT2D eigenvalue weighted by Crippen LogP contribution is 2.22. The van der Waals surface area contributed by atoms with Crippen molar-refractivity contribution in [3.05, 3.63) is 11.3 Å². The van der Waals surface area contributed by atoms with Gasteiger partial charge in [0.15, 0.2) is 0 Å². The van der Waals surface area contributed by atoms with Crippen LogP contribution < -0.4 is 10.5 Å². The second-order valence-corrected chi connectivity index (χ2v) is 5.63. The van der Waals surface area contributed by atoms with Gasteiger partial charge in [0.1, 0.15) is 0 Å². The van der Waals surface area contributed by atoms with E-state index in [1.165, 1.54) is 0 Å². The van der Waals surface area contributed by atoms with Crippen LogP contribution in [0.3, 0.4) is 0 Å². The van der Waals surface area contributed by atoms with E-state index in [0.717, 1.165) is 36.6 Å². The zero-order valence-corrected chi connectivity index (χ0v) is 13.1. The number of nitrogens with zero attached hydrogens (tertiary/aromatic N) is 3. The Hall–Kier alpha value is -1.07. The molecular weight excluding hydrogens is 240 g/mol. The minimum Gasteiger partial charge on any atom is -0.481 e. The Kier molecular flexibility index (Phi) is 5.82. The van der Waals surface area contributed by atoms with Crippen LogP contribution in [0.5, 0.6) is 5.88 Å². The highest BCUT2D eigenvalue weighted by molar-refractivity contribution is 5.30. The average molecular weight is 268 g/mol. The summed E-state index contributed by atoms with van der Waals surface area (Å²) in [6.45, 7) is 8.17. The first kappa shape index (κ1) is 16.0. The normalized spacial score (nSPS) is 13.3. The summed E-state index contributed by atoms with van der Waals surface area (Å²) in [5.74, 6) is 1.38. The summed E-state index contributed by atoms with van der Waals surface area (Å²) >= 11 is 0. The Bertz CT molecular complexity index is 400. The Morgan fingerprint density at radius 3 is 2.58 bits per heavy atom. The van der Waals surface area contributed by atoms with Crippen molar-refractivity contribution in [1.29, 1.82) is 0 Å². The Labute approximate surface area is 116 Å². The van der Waals surface area contributed by atoms with Crippen LogP contribution in [0.25, 0.3) is 0 Å². The smallest absolute Gasteiger partial charge is 0.216 e. The largest absolute Gasteiger partial charge is 0.481 e. The summed E-state index contributed by atoms with van der Waals surface area (Å²) in [6, 6.07) is 0.263. The first-order chi connectivity index (χ1) is 8.86. The van der Waals surface area contributed by atoms with E-state index in [1.807, 2.05) is 14.0 Å². The van der Waals surface area contributed by atoms with Crippen LogP contribution in [-0.2, 0) is 13.6 Å². The lowest BCUT2D eigenvalue weighted by molar-refractivity contribution is 0.288. The topological polar surface area (TPSA) is 56.3 Å². The van der Waals surface area contributed by atoms with Gasteiger partial charge < -0.3 is 15.4 Å². The zero-order chi connectivity index (χ0) is 14.6. The standard InChI is InChI=1S/C14H28N4O/c1-10(2)13(15)7-8-17(4)9-12-11(3)16-18(5)14(12)19-6/h10,13H,7-9,15H2,1-6H3. The molecule has 0 radical (unpaired) electrons. The minimum atomic E-state index is 0.263. The second kappa shape index (κ2) is 6.91. The Morgan fingerprint density at radius 1 is 1.42 bits per heavy atom. The molecule has 2 N–H and O–H groups in total. The van der Waals surface area contributed by atoms with Crippen molar-refractivity contribution >= 4 is 0 Å². The maximum atomic E-state index is 6.08. The molecule has 5 heteroatoms. The molecule has 1 aromatic rings. The molecule has 0 aliphatic heterocycles. The zero-order valence-electron chi connectivity index (χ0n) is 13.1. The van der Waals surface area contributed by atoms with Gasteiger partial charge in [-0.1, -0.05) is 13.8 Å². The summed E-state index contributed by atoms with van der Waals surface area (Å²) in [7, 11) is 5.71. The van der Waals surface area contributed by atoms with Gasteiger partial charge in [-0.25, -0.2) is 4.68 Å². The number of hydrogen-bond donors (Lipinski definition) is 1. The molecule has 0 aliphatic rings. The first-order valence-electron chi connectivity index (χ1n) is 6.87. The van der Waals surface area contributed by atoms with E-state index in [9.17, 15) is 0 Å². The van der Waals surface area contributed by atoms with Gasteiger partial charge in [-0.05, 0) is 32.9 Å². The van der Waals surface area contributed by atoms with Gasteiger partial charge in [0.2, 0.25) is 5.88 Å². The second-order valence-electron chi connectivity index (χ2n) is 5.63. The molecule has 1 rings (SSSR count). The van der Waals surface area contributed by atoms with E-state index < -0.39 is 0 Å². The van der Waals surface area contributed by atoms with Gasteiger partial charge in [0.05, 0.1) is 18.4 Å². The predicted octanol–water partition coefficient (Wildman–Crippen LogP) is 1.54. The number of aryl methyl sites for hydroxylation is 2. The van der Waals surface area contributed by atoms with Crippen molar-refractivity contribution in [2.24, 2.45) is 18.7 Å². The maximum absolute atomic E-state index is 6.08. The highest BCUT2D eigenvalue weighted by atomic mass is 16.5. The minimum absolute atomic E-state index is 0.263. The van der Waals surface area contributed by atoms with Crippen LogP contribution in [0.2, 0.25) is 0 Å². The molecule has 19 heavy (non-hydrogen) atoms. The SMILES string of the molecule is COc1c(CN(C)CCC(N)C(C)C)c(C)nn1C. The molecule has 0 bridgehead atoms. The quantitative estimate of drug-likeness (QED) is 0.815. The molecule has 1 heterocycles. The molecule has 0 amide bonds. The summed E-state index contributed by atoms with van der Waals surface area (Å²) < 4.78 is 7.20. The lowest BCUT2D eigenvalue weighted by Crippen LogP contribution is -2.31. The fourth-order valence-electron chi connectivity index (χ4n) is 2.17. The van der Waals surface area contributed by atoms with Crippen molar-refractivity contribution in [3.8, 4) is 5.88 Å². The van der Waals surface area contributed by atoms with E-state index in [2.05, 4.69) is 30.9 Å². The van der Waals surface area contributed by atoms with Gasteiger partial charge in [0.25, 0.3) is 0 Å². The van der Waals surface area contributed by atoms with Crippen molar-refractivity contribution in [2.75, 3.05) is 20.7 Å². The Morgan fingerprint density at radius 2 is 2.05 bits per heavy atom. The lowest BCUT2D eigenvalue weighted by atomic mass is 10.0. The van der Waals surface area contributed by atoms with E-state index >= 15 is 0 Å². The third kappa shape index (κ3) is 4.21. The van der Waals surface area contributed by atoms with E-state index in [-0.39, 0.29) is 6.04 Å². The number of hydrogen-bond acceptors (Lipinski definition) is 4. The van der Waals surface area contributed by atoms with E-state index in [0.29, 0.717) is 5.92 Å². The van der Waals surface area contributed by atoms with Crippen LogP contribution in [0, 0.1) is 12.8 Å². The van der Waals surface area contributed by atoms with Crippen LogP contribution >= 0.6 is 0 Å². The van der Waals surface area contributed by atoms with Gasteiger partial charge in [-0.3, -0.25) is 0 Å². The highest BCUT2D eigenvalue weighted by Gasteiger charge is 2.16. The molecule has 1 aromatic heterocycles. The van der Waals surface area contributed by atoms with Crippen LogP contribution in [0.15, 0.2) is 0 Å².